The van der Waals surface area contributed by atoms with E-state index in [9.17, 15) is 4.79 Å². The van der Waals surface area contributed by atoms with Crippen molar-refractivity contribution in [1.29, 1.82) is 0 Å². The van der Waals surface area contributed by atoms with Gasteiger partial charge in [-0.25, -0.2) is 15.0 Å². The van der Waals surface area contributed by atoms with Crippen molar-refractivity contribution in [2.75, 3.05) is 18.5 Å². The second-order valence-corrected chi connectivity index (χ2v) is 6.41. The van der Waals surface area contributed by atoms with Crippen molar-refractivity contribution in [3.05, 3.63) is 37.2 Å². The molecular formula is C19H25N7O. The third-order valence-corrected chi connectivity index (χ3v) is 4.54. The first-order valence-electron chi connectivity index (χ1n) is 9.21. The maximum absolute atomic E-state index is 11.3. The van der Waals surface area contributed by atoms with Crippen LogP contribution in [-0.2, 0) is 11.8 Å². The van der Waals surface area contributed by atoms with Gasteiger partial charge in [0, 0.05) is 45.7 Å². The van der Waals surface area contributed by atoms with Crippen molar-refractivity contribution in [2.45, 2.75) is 32.1 Å². The van der Waals surface area contributed by atoms with Crippen molar-refractivity contribution < 1.29 is 4.79 Å². The molecular weight excluding hydrogens is 342 g/mol. The fourth-order valence-corrected chi connectivity index (χ4v) is 3.09. The molecule has 0 aromatic carbocycles. The van der Waals surface area contributed by atoms with Gasteiger partial charge in [0.25, 0.3) is 0 Å². The van der Waals surface area contributed by atoms with Crippen molar-refractivity contribution in [1.82, 2.24) is 29.8 Å². The lowest BCUT2D eigenvalue weighted by Crippen LogP contribution is -2.22. The fourth-order valence-electron chi connectivity index (χ4n) is 3.09. The minimum absolute atomic E-state index is 0.100. The number of amides is 1. The van der Waals surface area contributed by atoms with Gasteiger partial charge in [0.2, 0.25) is 5.91 Å². The molecule has 0 fully saturated rings. The first-order chi connectivity index (χ1) is 13.2. The molecule has 142 valence electrons. The Balaban J connectivity index is 1.73. The number of fused-ring (bicyclic) bond motifs is 1. The molecule has 3 aromatic rings. The second kappa shape index (κ2) is 9.07. The van der Waals surface area contributed by atoms with Crippen molar-refractivity contribution >= 4 is 28.6 Å². The first kappa shape index (κ1) is 18.8. The molecule has 0 spiro atoms. The zero-order valence-electron chi connectivity index (χ0n) is 15.8. The molecule has 0 unspecified atom stereocenters. The molecule has 8 nitrogen and oxygen atoms in total. The van der Waals surface area contributed by atoms with Gasteiger partial charge >= 0.3 is 0 Å². The molecule has 0 saturated carbocycles. The summed E-state index contributed by atoms with van der Waals surface area (Å²) in [7, 11) is 3.66. The highest BCUT2D eigenvalue weighted by molar-refractivity contribution is 5.88. The lowest BCUT2D eigenvalue weighted by Gasteiger charge is -2.23. The third kappa shape index (κ3) is 4.58. The van der Waals surface area contributed by atoms with Crippen LogP contribution in [-0.4, -0.2) is 44.0 Å². The molecule has 0 saturated heterocycles. The second-order valence-electron chi connectivity index (χ2n) is 6.41. The van der Waals surface area contributed by atoms with Gasteiger partial charge in [-0.3, -0.25) is 9.78 Å². The Labute approximate surface area is 158 Å². The maximum Gasteiger partial charge on any atom is 0.219 e. The maximum atomic E-state index is 11.3. The Kier molecular flexibility index (Phi) is 6.30. The van der Waals surface area contributed by atoms with Gasteiger partial charge in [-0.05, 0) is 18.9 Å². The highest BCUT2D eigenvalue weighted by Crippen LogP contribution is 2.28. The number of hydrogen-bond acceptors (Lipinski definition) is 6. The van der Waals surface area contributed by atoms with Crippen LogP contribution < -0.4 is 10.2 Å². The van der Waals surface area contributed by atoms with Crippen LogP contribution in [0.4, 0.5) is 11.6 Å². The predicted octanol–water partition coefficient (Wildman–Crippen LogP) is 2.59. The average molecular weight is 367 g/mol. The minimum Gasteiger partial charge on any atom is -0.359 e. The molecule has 0 radical (unpaired) electrons. The van der Waals surface area contributed by atoms with Gasteiger partial charge in [-0.1, -0.05) is 12.8 Å². The Hall–Kier alpha value is -3.03. The van der Waals surface area contributed by atoms with Crippen LogP contribution in [0.15, 0.2) is 37.2 Å². The van der Waals surface area contributed by atoms with Crippen LogP contribution in [0.5, 0.6) is 0 Å². The Bertz CT molecular complexity index is 878. The lowest BCUT2D eigenvalue weighted by molar-refractivity contribution is -0.120. The Morgan fingerprint density at radius 3 is 2.78 bits per heavy atom. The number of carbonyl (C=O) groups is 1. The van der Waals surface area contributed by atoms with E-state index < -0.39 is 0 Å². The SMILES string of the molecule is CNC(=O)CCCCCCN(c1cnccn1)c1ncnc2ccn(C)c12. The molecule has 1 amide bonds. The summed E-state index contributed by atoms with van der Waals surface area (Å²) in [6, 6.07) is 1.98. The summed E-state index contributed by atoms with van der Waals surface area (Å²) < 4.78 is 2.03. The van der Waals surface area contributed by atoms with E-state index in [1.165, 1.54) is 0 Å². The number of aryl methyl sites for hydroxylation is 1. The average Bonchev–Trinajstić information content (AvgIpc) is 3.09. The zero-order chi connectivity index (χ0) is 19.1. The van der Waals surface area contributed by atoms with Crippen LogP contribution in [0, 0.1) is 0 Å². The van der Waals surface area contributed by atoms with Crippen LogP contribution in [0.2, 0.25) is 0 Å². The van der Waals surface area contributed by atoms with E-state index in [1.807, 2.05) is 23.9 Å². The molecule has 8 heteroatoms. The standard InChI is InChI=1S/C19H25N7O/c1-20-17(27)7-5-3-4-6-11-26(16-13-21-9-10-22-16)19-18-15(23-14-24-19)8-12-25(18)2/h8-10,12-14H,3-7,11H2,1-2H3,(H,20,27). The highest BCUT2D eigenvalue weighted by atomic mass is 16.1. The highest BCUT2D eigenvalue weighted by Gasteiger charge is 2.17. The molecule has 1 N–H and O–H groups in total. The number of nitrogens with one attached hydrogen (secondary N) is 1. The van der Waals surface area contributed by atoms with E-state index in [1.54, 1.807) is 32.0 Å². The van der Waals surface area contributed by atoms with Gasteiger partial charge in [-0.15, -0.1) is 0 Å². The van der Waals surface area contributed by atoms with E-state index in [0.29, 0.717) is 6.42 Å². The Morgan fingerprint density at radius 2 is 2.00 bits per heavy atom. The van der Waals surface area contributed by atoms with Crippen molar-refractivity contribution in [3.63, 3.8) is 0 Å². The number of unbranched alkanes of at least 4 members (excludes halogenated alkanes) is 3. The number of anilines is 2. The summed E-state index contributed by atoms with van der Waals surface area (Å²) in [6.45, 7) is 0.774. The summed E-state index contributed by atoms with van der Waals surface area (Å²) in [5.74, 6) is 1.70. The van der Waals surface area contributed by atoms with E-state index in [-0.39, 0.29) is 5.91 Å². The molecule has 3 heterocycles. The summed E-state index contributed by atoms with van der Waals surface area (Å²) in [4.78, 5) is 31.0. The van der Waals surface area contributed by atoms with Crippen LogP contribution in [0.3, 0.4) is 0 Å². The quantitative estimate of drug-likeness (QED) is 0.585. The van der Waals surface area contributed by atoms with Crippen molar-refractivity contribution in [2.24, 2.45) is 7.05 Å². The third-order valence-electron chi connectivity index (χ3n) is 4.54. The van der Waals surface area contributed by atoms with E-state index in [2.05, 4.69) is 30.2 Å². The number of carbonyl (C=O) groups excluding carboxylic acids is 1. The van der Waals surface area contributed by atoms with Gasteiger partial charge in [0.05, 0.1) is 11.7 Å². The molecule has 27 heavy (non-hydrogen) atoms. The summed E-state index contributed by atoms with van der Waals surface area (Å²) >= 11 is 0. The normalized spacial score (nSPS) is 10.9. The monoisotopic (exact) mass is 367 g/mol. The molecule has 3 aromatic heterocycles. The largest absolute Gasteiger partial charge is 0.359 e. The van der Waals surface area contributed by atoms with Crippen LogP contribution in [0.25, 0.3) is 11.0 Å². The molecule has 0 aliphatic carbocycles. The van der Waals surface area contributed by atoms with Gasteiger partial charge in [0.15, 0.2) is 11.6 Å². The zero-order valence-corrected chi connectivity index (χ0v) is 15.8. The topological polar surface area (TPSA) is 88.8 Å². The van der Waals surface area contributed by atoms with E-state index in [4.69, 9.17) is 0 Å². The molecule has 3 rings (SSSR count). The summed E-state index contributed by atoms with van der Waals surface area (Å²) in [6.07, 6.45) is 13.2. The smallest absolute Gasteiger partial charge is 0.219 e. The fraction of sp³-hybridized carbons (Fsp3) is 0.421. The van der Waals surface area contributed by atoms with Crippen molar-refractivity contribution in [3.8, 4) is 0 Å². The lowest BCUT2D eigenvalue weighted by atomic mass is 10.1. The minimum atomic E-state index is 0.100. The number of nitrogens with zero attached hydrogens (tertiary/aromatic N) is 6. The molecule has 0 bridgehead atoms. The van der Waals surface area contributed by atoms with Crippen LogP contribution >= 0.6 is 0 Å². The van der Waals surface area contributed by atoms with Gasteiger partial charge < -0.3 is 14.8 Å². The van der Waals surface area contributed by atoms with E-state index >= 15 is 0 Å². The van der Waals surface area contributed by atoms with Crippen LogP contribution in [0.1, 0.15) is 32.1 Å². The van der Waals surface area contributed by atoms with E-state index in [0.717, 1.165) is 54.9 Å². The van der Waals surface area contributed by atoms with Gasteiger partial charge in [-0.2, -0.15) is 0 Å². The first-order valence-corrected chi connectivity index (χ1v) is 9.21. The summed E-state index contributed by atoms with van der Waals surface area (Å²) in [5, 5.41) is 2.66. The number of rotatable bonds is 9. The Morgan fingerprint density at radius 1 is 1.15 bits per heavy atom. The number of aromatic nitrogens is 5. The molecule has 0 aliphatic rings. The molecule has 0 atom stereocenters. The predicted molar refractivity (Wildman–Crippen MR) is 105 cm³/mol. The molecule has 0 aliphatic heterocycles. The summed E-state index contributed by atoms with van der Waals surface area (Å²) in [5.41, 5.74) is 1.88. The van der Waals surface area contributed by atoms with Gasteiger partial charge in [0.1, 0.15) is 11.8 Å². The number of hydrogen-bond donors (Lipinski definition) is 1.